The van der Waals surface area contributed by atoms with Crippen molar-refractivity contribution in [2.75, 3.05) is 9.80 Å². The Balaban J connectivity index is 0.956. The van der Waals surface area contributed by atoms with Crippen molar-refractivity contribution in [2.24, 2.45) is 0 Å². The number of aromatic nitrogens is 3. The number of pyridine rings is 1. The Morgan fingerprint density at radius 3 is 1.47 bits per heavy atom. The Kier molecular flexibility index (Phi) is 13.3. The van der Waals surface area contributed by atoms with E-state index in [1.54, 1.807) is 0 Å². The van der Waals surface area contributed by atoms with E-state index in [9.17, 15) is 0 Å². The summed E-state index contributed by atoms with van der Waals surface area (Å²) in [7, 11) is 0. The van der Waals surface area contributed by atoms with Crippen LogP contribution in [0.25, 0.3) is 44.7 Å². The van der Waals surface area contributed by atoms with E-state index in [-0.39, 0.29) is 16.2 Å². The van der Waals surface area contributed by atoms with Gasteiger partial charge in [-0.1, -0.05) is 123 Å². The van der Waals surface area contributed by atoms with E-state index >= 15 is 0 Å². The van der Waals surface area contributed by atoms with Gasteiger partial charge in [0.15, 0.2) is 0 Å². The van der Waals surface area contributed by atoms with Crippen LogP contribution in [0.4, 0.5) is 34.3 Å². The van der Waals surface area contributed by atoms with Crippen LogP contribution in [0.5, 0.6) is 11.5 Å². The van der Waals surface area contributed by atoms with Gasteiger partial charge < -0.3 is 4.90 Å². The van der Waals surface area contributed by atoms with Crippen LogP contribution in [-0.4, -0.2) is 14.1 Å². The van der Waals surface area contributed by atoms with E-state index in [1.807, 2.05) is 12.3 Å². The van der Waals surface area contributed by atoms with Crippen LogP contribution in [0.15, 0.2) is 243 Å². The Hall–Kier alpha value is -9.09. The molecule has 0 atom stereocenters. The molecule has 0 unspecified atom stereocenters. The first-order valence-corrected chi connectivity index (χ1v) is 30.8. The number of hydrogen-bond acceptors (Lipinski definition) is 4. The van der Waals surface area contributed by atoms with E-state index < -0.39 is 5.41 Å². The fourth-order valence-corrected chi connectivity index (χ4v) is 14.1. The molecule has 6 nitrogen and oxygen atoms in total. The van der Waals surface area contributed by atoms with Crippen LogP contribution >= 0.6 is 0 Å². The molecule has 0 N–H and O–H groups in total. The zero-order valence-corrected chi connectivity index (χ0v) is 52.3. The molecular weight excluding hydrogens is 1230 g/mol. The van der Waals surface area contributed by atoms with Gasteiger partial charge in [0, 0.05) is 23.3 Å². The van der Waals surface area contributed by atoms with Gasteiger partial charge in [-0.2, -0.15) is 0 Å². The second-order valence-electron chi connectivity index (χ2n) is 25.8. The minimum atomic E-state index is -0.801. The van der Waals surface area contributed by atoms with Crippen LogP contribution < -0.4 is 14.5 Å². The molecule has 7 heteroatoms. The van der Waals surface area contributed by atoms with Gasteiger partial charge in [-0.3, -0.25) is 0 Å². The fourth-order valence-electron chi connectivity index (χ4n) is 13.0. The van der Waals surface area contributed by atoms with Gasteiger partial charge in [0.1, 0.15) is 0 Å². The summed E-state index contributed by atoms with van der Waals surface area (Å²) in [5, 5.41) is 0. The normalized spacial score (nSPS) is 13.5. The number of rotatable bonds is 8. The third-order valence-electron chi connectivity index (χ3n) is 17.3. The molecule has 86 heavy (non-hydrogen) atoms. The Morgan fingerprint density at radius 1 is 0.419 bits per heavy atom. The summed E-state index contributed by atoms with van der Waals surface area (Å²) in [6.07, 6.45) is 1.95. The molecule has 0 fully saturated rings. The Morgan fingerprint density at radius 2 is 0.907 bits per heavy atom. The average Bonchev–Trinajstić information content (AvgIpc) is 0.806. The molecular formula is C79H67N5OPt-2. The molecule has 14 rings (SSSR count). The smallest absolute Gasteiger partial charge is 0.0618 e. The minimum Gasteiger partial charge on any atom is -0.0618 e. The first kappa shape index (κ1) is 54.8. The van der Waals surface area contributed by atoms with E-state index in [4.69, 9.17) is 9.72 Å². The Labute approximate surface area is 516 Å². The summed E-state index contributed by atoms with van der Waals surface area (Å²) in [5.74, 6) is 1.93. The van der Waals surface area contributed by atoms with Crippen molar-refractivity contribution in [2.45, 2.75) is 84.0 Å². The van der Waals surface area contributed by atoms with E-state index in [0.717, 1.165) is 93.8 Å². The molecule has 2 aliphatic rings. The number of fused-ring (bicyclic) bond motifs is 9. The summed E-state index contributed by atoms with van der Waals surface area (Å²) in [6.45, 7) is 20.7. The summed E-state index contributed by atoms with van der Waals surface area (Å²) in [5.41, 5.74) is 21.2. The molecule has 2 aliphatic heterocycles. The second-order valence-corrected chi connectivity index (χ2v) is 26.8. The van der Waals surface area contributed by atoms with Crippen molar-refractivity contribution in [1.29, 1.82) is 0 Å². The second kappa shape index (κ2) is 20.9. The molecule has 426 valence electrons. The maximum absolute atomic E-state index is 7.13. The Bertz CT molecular complexity index is 4530. The van der Waals surface area contributed by atoms with E-state index in [1.165, 1.54) is 27.8 Å². The van der Waals surface area contributed by atoms with Gasteiger partial charge in [0.2, 0.25) is 0 Å². The monoisotopic (exact) mass is 1300 g/mol. The molecule has 0 saturated heterocycles. The van der Waals surface area contributed by atoms with Crippen LogP contribution in [0, 0.1) is 15.9 Å². The summed E-state index contributed by atoms with van der Waals surface area (Å²) < 4.78 is 12.8. The van der Waals surface area contributed by atoms with E-state index in [0.29, 0.717) is 11.5 Å². The van der Waals surface area contributed by atoms with Gasteiger partial charge in [-0.15, -0.1) is 0 Å². The molecule has 0 amide bonds. The standard InChI is InChI=1S/C79H67N5O.Pt/c1-76(2,3)55-44-45-80-74(49-55)84-70-39-21-18-36-66(70)79(64-34-16-19-37-68(64)83(69-38-20-17-35-65(69)79)59-47-56(77(4,5)6)46-57(48-59)78(7,8)9)67-43-42-61(51-73(67)84)85-60-31-24-30-58(50-60)81-52-82(72-41-23-22-40-71(72)81)75-62(53-26-12-10-13-27-53)32-25-33-63(75)54-28-14-11-15-29-54;/h10-49H,1-9H3;/q-2;. The summed E-state index contributed by atoms with van der Waals surface area (Å²) in [6, 6.07) is 93.5. The number of anilines is 6. The zero-order chi connectivity index (χ0) is 59.3. The number of benzene rings is 10. The predicted octanol–water partition coefficient (Wildman–Crippen LogP) is 20.5. The molecule has 0 aliphatic carbocycles. The first-order valence-electron chi connectivity index (χ1n) is 29.7. The van der Waals surface area contributed by atoms with Crippen LogP contribution in [0.1, 0.15) is 101 Å². The quantitative estimate of drug-likeness (QED) is 0.142. The SMILES string of the molecule is CC(C)(C)c1cc(N2c3ccccc3C3(c4ccc(Oc5[c-]c(-n6[c](=[Pt])n(-c7c(-c8ccccc8)cccc7-c7ccccc7)c7ccccc76)ccc5)[c-]c4N(c4cc(C(C)(C)C)ccn4)c4ccccc43)c3ccccc32)cc(C(C)(C)C)c1. The van der Waals surface area contributed by atoms with Crippen molar-refractivity contribution in [1.82, 2.24) is 14.1 Å². The van der Waals surface area contributed by atoms with Crippen LogP contribution in [0.3, 0.4) is 0 Å². The van der Waals surface area contributed by atoms with Gasteiger partial charge in [-0.25, -0.2) is 0 Å². The molecule has 0 bridgehead atoms. The minimum absolute atomic E-state index is 0.0789. The molecule has 2 aromatic heterocycles. The molecule has 1 spiro atoms. The van der Waals surface area contributed by atoms with Crippen molar-refractivity contribution >= 4 is 45.3 Å². The van der Waals surface area contributed by atoms with Crippen molar-refractivity contribution in [3.63, 3.8) is 0 Å². The number of para-hydroxylation sites is 6. The summed E-state index contributed by atoms with van der Waals surface area (Å²) >= 11 is 2.50. The van der Waals surface area contributed by atoms with Gasteiger partial charge in [-0.05, 0) is 63.3 Å². The third-order valence-corrected chi connectivity index (χ3v) is 18.3. The van der Waals surface area contributed by atoms with Crippen LogP contribution in [0.2, 0.25) is 0 Å². The fraction of sp³-hybridized carbons (Fsp3) is 0.165. The average molecular weight is 1300 g/mol. The topological polar surface area (TPSA) is 38.5 Å². The van der Waals surface area contributed by atoms with E-state index in [2.05, 4.69) is 343 Å². The molecule has 0 radical (unpaired) electrons. The number of ether oxygens (including phenoxy) is 1. The van der Waals surface area contributed by atoms with Crippen molar-refractivity contribution < 1.29 is 24.1 Å². The van der Waals surface area contributed by atoms with Crippen molar-refractivity contribution in [3.8, 4) is 45.1 Å². The maximum atomic E-state index is 7.13. The molecule has 10 aromatic carbocycles. The molecule has 0 saturated carbocycles. The number of nitrogens with zero attached hydrogens (tertiary/aromatic N) is 5. The molecule has 4 heterocycles. The number of imidazole rings is 1. The van der Waals surface area contributed by atoms with Gasteiger partial charge >= 0.3 is 306 Å². The predicted molar refractivity (Wildman–Crippen MR) is 350 cm³/mol. The zero-order valence-electron chi connectivity index (χ0n) is 50.1. The van der Waals surface area contributed by atoms with Gasteiger partial charge in [0.05, 0.1) is 0 Å². The first-order chi connectivity index (χ1) is 41.5. The number of hydrogen-bond donors (Lipinski definition) is 0. The summed E-state index contributed by atoms with van der Waals surface area (Å²) in [4.78, 5) is 10.0. The van der Waals surface area contributed by atoms with Crippen LogP contribution in [-0.2, 0) is 41.0 Å². The third kappa shape index (κ3) is 9.11. The van der Waals surface area contributed by atoms with Crippen molar-refractivity contribution in [3.05, 3.63) is 298 Å². The van der Waals surface area contributed by atoms with Gasteiger partial charge in [0.25, 0.3) is 0 Å². The molecule has 12 aromatic rings.